The van der Waals surface area contributed by atoms with Crippen LogP contribution < -0.4 is 10.6 Å². The molecule has 1 amide bonds. The van der Waals surface area contributed by atoms with Crippen molar-refractivity contribution in [2.75, 3.05) is 16.4 Å². The zero-order valence-electron chi connectivity index (χ0n) is 19.0. The molecule has 0 aliphatic carbocycles. The van der Waals surface area contributed by atoms with E-state index in [0.29, 0.717) is 11.5 Å². The number of aryl methyl sites for hydroxylation is 2. The lowest BCUT2D eigenvalue weighted by Crippen LogP contribution is -2.31. The number of thioether (sulfide) groups is 1. The molecule has 1 aliphatic rings. The molecule has 166 valence electrons. The number of hydrogen-bond acceptors (Lipinski definition) is 5. The predicted octanol–water partition coefficient (Wildman–Crippen LogP) is 5.71. The number of nitrogens with one attached hydrogen (secondary N) is 2. The molecule has 2 aromatic carbocycles. The van der Waals surface area contributed by atoms with Crippen molar-refractivity contribution in [2.24, 2.45) is 0 Å². The van der Waals surface area contributed by atoms with E-state index in [-0.39, 0.29) is 11.9 Å². The van der Waals surface area contributed by atoms with Crippen LogP contribution in [-0.4, -0.2) is 26.4 Å². The summed E-state index contributed by atoms with van der Waals surface area (Å²) < 4.78 is 1.84. The third-order valence-corrected chi connectivity index (χ3v) is 6.43. The lowest BCUT2D eigenvalue weighted by atomic mass is 9.94. The number of fused-ring (bicyclic) bond motifs is 1. The Balaban J connectivity index is 1.71. The molecule has 0 saturated heterocycles. The van der Waals surface area contributed by atoms with Crippen molar-refractivity contribution in [3.05, 3.63) is 76.5 Å². The Bertz CT molecular complexity index is 1130. The SMILES string of the molecule is CCCCSc1nc2n(n1)C(c1ccc(C)cc1)C(C(=O)Nc1ccc(C)cc1)=C(C)N2. The Kier molecular flexibility index (Phi) is 6.65. The molecule has 7 heteroatoms. The minimum atomic E-state index is -0.356. The molecular weight excluding hydrogens is 418 g/mol. The first-order chi connectivity index (χ1) is 15.5. The lowest BCUT2D eigenvalue weighted by Gasteiger charge is -2.28. The molecule has 0 radical (unpaired) electrons. The van der Waals surface area contributed by atoms with E-state index in [4.69, 9.17) is 10.1 Å². The van der Waals surface area contributed by atoms with Gasteiger partial charge in [0, 0.05) is 17.1 Å². The number of amides is 1. The van der Waals surface area contributed by atoms with E-state index >= 15 is 0 Å². The molecule has 0 spiro atoms. The minimum Gasteiger partial charge on any atom is -0.328 e. The van der Waals surface area contributed by atoms with Gasteiger partial charge in [0.2, 0.25) is 11.1 Å². The van der Waals surface area contributed by atoms with Gasteiger partial charge in [0.25, 0.3) is 5.91 Å². The van der Waals surface area contributed by atoms with Gasteiger partial charge in [-0.2, -0.15) is 4.98 Å². The summed E-state index contributed by atoms with van der Waals surface area (Å²) in [5.74, 6) is 1.49. The smallest absolute Gasteiger partial charge is 0.255 e. The first-order valence-electron chi connectivity index (χ1n) is 11.0. The second-order valence-corrected chi connectivity index (χ2v) is 9.22. The van der Waals surface area contributed by atoms with Gasteiger partial charge in [0.15, 0.2) is 0 Å². The van der Waals surface area contributed by atoms with Crippen LogP contribution in [0.25, 0.3) is 0 Å². The predicted molar refractivity (Wildman–Crippen MR) is 131 cm³/mol. The summed E-state index contributed by atoms with van der Waals surface area (Å²) in [7, 11) is 0. The number of anilines is 2. The van der Waals surface area contributed by atoms with Gasteiger partial charge < -0.3 is 10.6 Å². The van der Waals surface area contributed by atoms with E-state index in [0.717, 1.165) is 46.3 Å². The first kappa shape index (κ1) is 22.1. The third-order valence-electron chi connectivity index (χ3n) is 5.51. The van der Waals surface area contributed by atoms with E-state index in [1.165, 1.54) is 5.56 Å². The maximum absolute atomic E-state index is 13.5. The largest absolute Gasteiger partial charge is 0.328 e. The number of carbonyl (C=O) groups is 1. The van der Waals surface area contributed by atoms with E-state index in [9.17, 15) is 4.79 Å². The second-order valence-electron chi connectivity index (χ2n) is 8.16. The maximum atomic E-state index is 13.5. The molecule has 1 aliphatic heterocycles. The van der Waals surface area contributed by atoms with Crippen LogP contribution in [0.15, 0.2) is 65.0 Å². The summed E-state index contributed by atoms with van der Waals surface area (Å²) in [5.41, 5.74) is 5.51. The second kappa shape index (κ2) is 9.61. The van der Waals surface area contributed by atoms with E-state index in [1.54, 1.807) is 11.8 Å². The summed E-state index contributed by atoms with van der Waals surface area (Å²) in [6.07, 6.45) is 2.25. The molecule has 3 aromatic rings. The third kappa shape index (κ3) is 4.72. The Labute approximate surface area is 193 Å². The number of benzene rings is 2. The minimum absolute atomic E-state index is 0.147. The van der Waals surface area contributed by atoms with E-state index in [1.807, 2.05) is 42.8 Å². The molecule has 6 nitrogen and oxygen atoms in total. The van der Waals surface area contributed by atoms with Gasteiger partial charge in [-0.15, -0.1) is 5.10 Å². The van der Waals surface area contributed by atoms with Crippen LogP contribution in [0.1, 0.15) is 49.4 Å². The molecule has 0 fully saturated rings. The van der Waals surface area contributed by atoms with Gasteiger partial charge in [0.1, 0.15) is 6.04 Å². The average Bonchev–Trinajstić information content (AvgIpc) is 3.17. The fourth-order valence-corrected chi connectivity index (χ4v) is 4.60. The number of nitrogens with zero attached hydrogens (tertiary/aromatic N) is 3. The van der Waals surface area contributed by atoms with E-state index < -0.39 is 0 Å². The standard InChI is InChI=1S/C25H29N5OS/c1-5-6-15-32-25-28-24-26-18(4)21(23(31)27-20-13-9-17(3)10-14-20)22(30(24)29-25)19-11-7-16(2)8-12-19/h7-14,22H,5-6,15H2,1-4H3,(H,27,31)(H,26,28,29). The van der Waals surface area contributed by atoms with Crippen molar-refractivity contribution >= 4 is 29.3 Å². The molecule has 2 heterocycles. The molecule has 1 aromatic heterocycles. The number of hydrogen-bond donors (Lipinski definition) is 2. The molecule has 1 unspecified atom stereocenters. The zero-order chi connectivity index (χ0) is 22.7. The zero-order valence-corrected chi connectivity index (χ0v) is 19.8. The highest BCUT2D eigenvalue weighted by molar-refractivity contribution is 7.99. The van der Waals surface area contributed by atoms with Crippen molar-refractivity contribution in [3.63, 3.8) is 0 Å². The van der Waals surface area contributed by atoms with Crippen LogP contribution in [0.3, 0.4) is 0 Å². The lowest BCUT2D eigenvalue weighted by molar-refractivity contribution is -0.113. The highest BCUT2D eigenvalue weighted by Crippen LogP contribution is 2.36. The number of carbonyl (C=O) groups excluding carboxylic acids is 1. The van der Waals surface area contributed by atoms with Gasteiger partial charge in [-0.3, -0.25) is 4.79 Å². The molecule has 1 atom stereocenters. The van der Waals surface area contributed by atoms with Crippen LogP contribution in [0.2, 0.25) is 0 Å². The van der Waals surface area contributed by atoms with Gasteiger partial charge in [-0.05, 0) is 44.9 Å². The Morgan fingerprint density at radius 3 is 2.38 bits per heavy atom. The number of aromatic nitrogens is 3. The monoisotopic (exact) mass is 447 g/mol. The molecule has 32 heavy (non-hydrogen) atoms. The van der Waals surface area contributed by atoms with Crippen molar-refractivity contribution < 1.29 is 4.79 Å². The highest BCUT2D eigenvalue weighted by atomic mass is 32.2. The van der Waals surface area contributed by atoms with Crippen LogP contribution >= 0.6 is 11.8 Å². The van der Waals surface area contributed by atoms with E-state index in [2.05, 4.69) is 48.7 Å². The average molecular weight is 448 g/mol. The van der Waals surface area contributed by atoms with Gasteiger partial charge >= 0.3 is 0 Å². The summed E-state index contributed by atoms with van der Waals surface area (Å²) in [6.45, 7) is 8.18. The van der Waals surface area contributed by atoms with Crippen molar-refractivity contribution in [1.29, 1.82) is 0 Å². The van der Waals surface area contributed by atoms with Crippen molar-refractivity contribution in [1.82, 2.24) is 14.8 Å². The Morgan fingerprint density at radius 2 is 1.72 bits per heavy atom. The molecular formula is C25H29N5OS. The quantitative estimate of drug-likeness (QED) is 0.358. The molecule has 0 saturated carbocycles. The summed E-state index contributed by atoms with van der Waals surface area (Å²) >= 11 is 1.65. The van der Waals surface area contributed by atoms with Crippen LogP contribution in [0.4, 0.5) is 11.6 Å². The highest BCUT2D eigenvalue weighted by Gasteiger charge is 2.34. The fourth-order valence-electron chi connectivity index (χ4n) is 3.69. The topological polar surface area (TPSA) is 71.8 Å². The Hall–Kier alpha value is -3.06. The van der Waals surface area contributed by atoms with Crippen LogP contribution in [0, 0.1) is 13.8 Å². The Morgan fingerprint density at radius 1 is 1.06 bits per heavy atom. The first-order valence-corrected chi connectivity index (χ1v) is 12.0. The molecule has 0 bridgehead atoms. The van der Waals surface area contributed by atoms with Crippen molar-refractivity contribution in [3.8, 4) is 0 Å². The van der Waals surface area contributed by atoms with Gasteiger partial charge in [0.05, 0.1) is 5.57 Å². The number of rotatable bonds is 7. The van der Waals surface area contributed by atoms with Crippen LogP contribution in [-0.2, 0) is 4.79 Å². The summed E-state index contributed by atoms with van der Waals surface area (Å²) in [4.78, 5) is 18.2. The summed E-state index contributed by atoms with van der Waals surface area (Å²) in [6, 6.07) is 15.7. The maximum Gasteiger partial charge on any atom is 0.255 e. The normalized spacial score (nSPS) is 15.3. The summed E-state index contributed by atoms with van der Waals surface area (Å²) in [5, 5.41) is 11.9. The molecule has 4 rings (SSSR count). The van der Waals surface area contributed by atoms with Gasteiger partial charge in [-0.25, -0.2) is 4.68 Å². The molecule has 2 N–H and O–H groups in total. The number of allylic oxidation sites excluding steroid dienone is 1. The number of unbranched alkanes of at least 4 members (excludes halogenated alkanes) is 1. The van der Waals surface area contributed by atoms with Gasteiger partial charge in [-0.1, -0.05) is 72.6 Å². The van der Waals surface area contributed by atoms with Crippen molar-refractivity contribution in [2.45, 2.75) is 51.7 Å². The fraction of sp³-hybridized carbons (Fsp3) is 0.320. The van der Waals surface area contributed by atoms with Crippen LogP contribution in [0.5, 0.6) is 0 Å².